The molecule has 0 unspecified atom stereocenters. The number of methoxy groups -OCH3 is 2. The fraction of sp³-hybridized carbons (Fsp3) is 0.474. The molecule has 3 N–H and O–H groups in total. The highest BCUT2D eigenvalue weighted by molar-refractivity contribution is 5.85. The third-order valence-electron chi connectivity index (χ3n) is 4.27. The fourth-order valence-corrected chi connectivity index (χ4v) is 2.78. The lowest BCUT2D eigenvalue weighted by Crippen LogP contribution is -2.42. The Bertz CT molecular complexity index is 927. The Balaban J connectivity index is 2.13. The van der Waals surface area contributed by atoms with Crippen molar-refractivity contribution in [1.82, 2.24) is 25.5 Å². The molecule has 0 aliphatic heterocycles. The second-order valence-corrected chi connectivity index (χ2v) is 6.27. The number of carbonyl (C=O) groups excluding carboxylic acids is 2. The molecule has 10 heteroatoms. The second kappa shape index (κ2) is 10.4. The van der Waals surface area contributed by atoms with Gasteiger partial charge in [-0.05, 0) is 19.5 Å². The van der Waals surface area contributed by atoms with Crippen LogP contribution in [0.5, 0.6) is 11.5 Å². The molecule has 0 atom stereocenters. The summed E-state index contributed by atoms with van der Waals surface area (Å²) in [6.45, 7) is 5.03. The average Bonchev–Trinajstić information content (AvgIpc) is 2.71. The average molecular weight is 405 g/mol. The molecule has 0 aliphatic carbocycles. The Morgan fingerprint density at radius 1 is 1.10 bits per heavy atom. The van der Waals surface area contributed by atoms with Gasteiger partial charge in [0, 0.05) is 12.6 Å². The van der Waals surface area contributed by atoms with E-state index in [1.807, 2.05) is 13.8 Å². The largest absolute Gasteiger partial charge is 0.493 e. The first-order valence-corrected chi connectivity index (χ1v) is 9.32. The summed E-state index contributed by atoms with van der Waals surface area (Å²) in [5, 5.41) is 5.57. The van der Waals surface area contributed by atoms with Crippen LogP contribution >= 0.6 is 0 Å². The number of likely N-dealkylation sites (N-methyl/N-ethyl adjacent to an activating group) is 2. The minimum atomic E-state index is -0.303. The molecule has 2 amide bonds. The summed E-state index contributed by atoms with van der Waals surface area (Å²) >= 11 is 0. The molecular weight excluding hydrogens is 378 g/mol. The maximum Gasteiger partial charge on any atom is 0.258 e. The molecule has 0 spiro atoms. The summed E-state index contributed by atoms with van der Waals surface area (Å²) in [6, 6.07) is 3.22. The van der Waals surface area contributed by atoms with Crippen LogP contribution in [0, 0.1) is 0 Å². The van der Waals surface area contributed by atoms with Crippen molar-refractivity contribution >= 4 is 22.7 Å². The Morgan fingerprint density at radius 2 is 1.79 bits per heavy atom. The van der Waals surface area contributed by atoms with Crippen LogP contribution in [0.15, 0.2) is 16.9 Å². The van der Waals surface area contributed by atoms with Crippen LogP contribution in [0.1, 0.15) is 19.7 Å². The third-order valence-corrected chi connectivity index (χ3v) is 4.27. The minimum Gasteiger partial charge on any atom is -0.493 e. The van der Waals surface area contributed by atoms with Crippen molar-refractivity contribution < 1.29 is 19.1 Å². The van der Waals surface area contributed by atoms with Gasteiger partial charge in [-0.25, -0.2) is 4.98 Å². The van der Waals surface area contributed by atoms with E-state index in [4.69, 9.17) is 9.47 Å². The van der Waals surface area contributed by atoms with E-state index < -0.39 is 0 Å². The van der Waals surface area contributed by atoms with E-state index in [2.05, 4.69) is 20.6 Å². The zero-order valence-electron chi connectivity index (χ0n) is 17.1. The van der Waals surface area contributed by atoms with E-state index >= 15 is 0 Å². The molecule has 1 heterocycles. The van der Waals surface area contributed by atoms with Gasteiger partial charge in [0.2, 0.25) is 11.8 Å². The number of rotatable bonds is 10. The highest BCUT2D eigenvalue weighted by atomic mass is 16.5. The Morgan fingerprint density at radius 3 is 2.41 bits per heavy atom. The quantitative estimate of drug-likeness (QED) is 0.509. The normalized spacial score (nSPS) is 10.8. The van der Waals surface area contributed by atoms with Crippen molar-refractivity contribution in [3.05, 3.63) is 28.3 Å². The third kappa shape index (κ3) is 5.92. The van der Waals surface area contributed by atoms with Gasteiger partial charge in [-0.2, -0.15) is 0 Å². The van der Waals surface area contributed by atoms with E-state index in [0.29, 0.717) is 41.3 Å². The number of nitrogens with one attached hydrogen (secondary N) is 3. The van der Waals surface area contributed by atoms with E-state index in [9.17, 15) is 14.4 Å². The first kappa shape index (κ1) is 22.2. The molecule has 1 aromatic heterocycles. The molecule has 0 saturated heterocycles. The number of hydrogen-bond acceptors (Lipinski definition) is 7. The smallest absolute Gasteiger partial charge is 0.258 e. The summed E-state index contributed by atoms with van der Waals surface area (Å²) in [7, 11) is 3.01. The van der Waals surface area contributed by atoms with Gasteiger partial charge in [0.15, 0.2) is 11.5 Å². The molecule has 158 valence electrons. The van der Waals surface area contributed by atoms with Crippen LogP contribution in [0.4, 0.5) is 0 Å². The van der Waals surface area contributed by atoms with Gasteiger partial charge in [0.05, 0.1) is 44.8 Å². The summed E-state index contributed by atoms with van der Waals surface area (Å²) < 4.78 is 10.5. The van der Waals surface area contributed by atoms with Gasteiger partial charge in [-0.3, -0.25) is 19.3 Å². The lowest BCUT2D eigenvalue weighted by atomic mass is 10.2. The molecule has 0 saturated carbocycles. The number of hydrogen-bond donors (Lipinski definition) is 3. The summed E-state index contributed by atoms with van der Waals surface area (Å²) in [5.74, 6) is 0.815. The second-order valence-electron chi connectivity index (χ2n) is 6.27. The number of carbonyl (C=O) groups is 2. The topological polar surface area (TPSA) is 126 Å². The molecule has 2 aromatic rings. The first-order valence-electron chi connectivity index (χ1n) is 9.32. The van der Waals surface area contributed by atoms with E-state index in [0.717, 1.165) is 0 Å². The van der Waals surface area contributed by atoms with Crippen molar-refractivity contribution in [3.63, 3.8) is 0 Å². The molecule has 2 rings (SSSR count). The number of amides is 2. The highest BCUT2D eigenvalue weighted by Crippen LogP contribution is 2.29. The van der Waals surface area contributed by atoms with Crippen molar-refractivity contribution in [2.45, 2.75) is 20.4 Å². The van der Waals surface area contributed by atoms with Crippen LogP contribution in [-0.2, 0) is 16.1 Å². The number of H-pyrrole nitrogens is 1. The van der Waals surface area contributed by atoms with Crippen LogP contribution in [0.3, 0.4) is 0 Å². The Labute approximate surface area is 168 Å². The fourth-order valence-electron chi connectivity index (χ4n) is 2.78. The van der Waals surface area contributed by atoms with E-state index in [1.54, 1.807) is 17.0 Å². The van der Waals surface area contributed by atoms with Crippen LogP contribution in [0.25, 0.3) is 10.9 Å². The molecule has 29 heavy (non-hydrogen) atoms. The lowest BCUT2D eigenvalue weighted by Gasteiger charge is -2.19. The maximum absolute atomic E-state index is 12.5. The number of ether oxygens (including phenoxy) is 2. The predicted octanol–water partition coefficient (Wildman–Crippen LogP) is 0.0145. The van der Waals surface area contributed by atoms with Gasteiger partial charge in [-0.1, -0.05) is 6.92 Å². The molecular formula is C19H27N5O5. The molecule has 0 fully saturated rings. The summed E-state index contributed by atoms with van der Waals surface area (Å²) in [5.41, 5.74) is 0.167. The number of aromatic amines is 1. The Kier molecular flexibility index (Phi) is 7.96. The van der Waals surface area contributed by atoms with Crippen molar-refractivity contribution in [2.24, 2.45) is 0 Å². The number of benzene rings is 1. The van der Waals surface area contributed by atoms with Crippen LogP contribution in [-0.4, -0.2) is 67.1 Å². The molecule has 0 bridgehead atoms. The van der Waals surface area contributed by atoms with Crippen molar-refractivity contribution in [3.8, 4) is 11.5 Å². The van der Waals surface area contributed by atoms with Gasteiger partial charge in [0.1, 0.15) is 5.82 Å². The molecule has 0 radical (unpaired) electrons. The highest BCUT2D eigenvalue weighted by Gasteiger charge is 2.15. The van der Waals surface area contributed by atoms with E-state index in [-0.39, 0.29) is 37.0 Å². The first-order chi connectivity index (χ1) is 13.9. The van der Waals surface area contributed by atoms with Gasteiger partial charge < -0.3 is 25.1 Å². The molecule has 1 aromatic carbocycles. The van der Waals surface area contributed by atoms with E-state index in [1.165, 1.54) is 14.2 Å². The monoisotopic (exact) mass is 405 g/mol. The number of aromatic nitrogens is 2. The zero-order valence-corrected chi connectivity index (χ0v) is 17.1. The van der Waals surface area contributed by atoms with Crippen molar-refractivity contribution in [2.75, 3.05) is 40.4 Å². The van der Waals surface area contributed by atoms with Gasteiger partial charge in [0.25, 0.3) is 5.56 Å². The maximum atomic E-state index is 12.5. The standard InChI is InChI=1S/C19H27N5O5/c1-5-20-17(25)9-21-18(26)11-24(6-2)10-16-22-13-8-15(29-4)14(28-3)7-12(13)19(27)23-16/h7-8H,5-6,9-11H2,1-4H3,(H,20,25)(H,21,26)(H,22,23,27). The Hall–Kier alpha value is -3.14. The predicted molar refractivity (Wildman–Crippen MR) is 108 cm³/mol. The van der Waals surface area contributed by atoms with Gasteiger partial charge >= 0.3 is 0 Å². The van der Waals surface area contributed by atoms with Gasteiger partial charge in [-0.15, -0.1) is 0 Å². The van der Waals surface area contributed by atoms with Crippen LogP contribution < -0.4 is 25.7 Å². The molecule has 0 aliphatic rings. The van der Waals surface area contributed by atoms with Crippen molar-refractivity contribution in [1.29, 1.82) is 0 Å². The molecule has 10 nitrogen and oxygen atoms in total. The number of fused-ring (bicyclic) bond motifs is 1. The minimum absolute atomic E-state index is 0.0725. The number of nitrogens with zero attached hydrogens (tertiary/aromatic N) is 2. The SMILES string of the molecule is CCNC(=O)CNC(=O)CN(CC)Cc1nc2cc(OC)c(OC)cc2c(=O)[nH]1. The zero-order chi connectivity index (χ0) is 21.4. The summed E-state index contributed by atoms with van der Waals surface area (Å²) in [6.07, 6.45) is 0. The lowest BCUT2D eigenvalue weighted by molar-refractivity contribution is -0.126. The van der Waals surface area contributed by atoms with Crippen LogP contribution in [0.2, 0.25) is 0 Å². The summed E-state index contributed by atoms with van der Waals surface area (Å²) in [4.78, 5) is 45.0.